The number of sulfonamides is 1. The lowest BCUT2D eigenvalue weighted by Crippen LogP contribution is -2.11. The largest absolute Gasteiger partial charge is 0.238 e. The highest BCUT2D eigenvalue weighted by molar-refractivity contribution is 7.89. The third kappa shape index (κ3) is 4.11. The average molecular weight is 441 g/mol. The molecule has 4 nitrogen and oxygen atoms in total. The minimum Gasteiger partial charge on any atom is -0.235 e. The fraction of sp³-hybridized carbons (Fsp3) is 0.0455. The number of halogens is 1. The molecule has 0 bridgehead atoms. The molecule has 0 amide bonds. The molecule has 4 aromatic rings. The van der Waals surface area contributed by atoms with Crippen LogP contribution in [0.15, 0.2) is 77.7 Å². The first-order valence-corrected chi connectivity index (χ1v) is 11.5. The Morgan fingerprint density at radius 1 is 0.897 bits per heavy atom. The number of rotatable bonds is 4. The third-order valence-corrected chi connectivity index (χ3v) is 6.90. The van der Waals surface area contributed by atoms with Crippen molar-refractivity contribution in [1.29, 1.82) is 0 Å². The summed E-state index contributed by atoms with van der Waals surface area (Å²) in [4.78, 5) is 5.89. The molecule has 1 heterocycles. The lowest BCUT2D eigenvalue weighted by atomic mass is 10.1. The van der Waals surface area contributed by atoms with Crippen LogP contribution in [0.3, 0.4) is 0 Å². The summed E-state index contributed by atoms with van der Waals surface area (Å²) in [6.45, 7) is 2.03. The molecule has 29 heavy (non-hydrogen) atoms. The molecule has 0 fully saturated rings. The lowest BCUT2D eigenvalue weighted by Gasteiger charge is -2.05. The van der Waals surface area contributed by atoms with E-state index in [4.69, 9.17) is 21.7 Å². The van der Waals surface area contributed by atoms with Gasteiger partial charge in [-0.15, -0.1) is 11.3 Å². The highest BCUT2D eigenvalue weighted by Crippen LogP contribution is 2.42. The van der Waals surface area contributed by atoms with Gasteiger partial charge in [-0.2, -0.15) is 0 Å². The fourth-order valence-electron chi connectivity index (χ4n) is 2.97. The SMILES string of the molecule is Cc1ccc(-c2nc(-c3ccccc3Cl)sc2-c2ccc(S(N)(=O)=O)cc2)cc1. The van der Waals surface area contributed by atoms with E-state index in [0.717, 1.165) is 37.8 Å². The van der Waals surface area contributed by atoms with Gasteiger partial charge < -0.3 is 0 Å². The second-order valence-corrected chi connectivity index (χ2v) is 9.58. The summed E-state index contributed by atoms with van der Waals surface area (Å²) < 4.78 is 23.2. The van der Waals surface area contributed by atoms with Crippen LogP contribution in [0.1, 0.15) is 5.56 Å². The van der Waals surface area contributed by atoms with E-state index in [-0.39, 0.29) is 4.90 Å². The number of benzene rings is 3. The number of nitrogens with zero attached hydrogens (tertiary/aromatic N) is 1. The molecule has 1 aromatic heterocycles. The molecule has 0 saturated heterocycles. The summed E-state index contributed by atoms with van der Waals surface area (Å²) >= 11 is 7.91. The van der Waals surface area contributed by atoms with Gasteiger partial charge in [0.05, 0.1) is 20.5 Å². The molecule has 0 spiro atoms. The van der Waals surface area contributed by atoms with Crippen LogP contribution in [-0.2, 0) is 10.0 Å². The Balaban J connectivity index is 1.89. The van der Waals surface area contributed by atoms with E-state index in [2.05, 4.69) is 0 Å². The van der Waals surface area contributed by atoms with E-state index < -0.39 is 10.0 Å². The lowest BCUT2D eigenvalue weighted by molar-refractivity contribution is 0.598. The Bertz CT molecular complexity index is 1280. The second-order valence-electron chi connectivity index (χ2n) is 6.61. The average Bonchev–Trinajstić information content (AvgIpc) is 3.13. The quantitative estimate of drug-likeness (QED) is 0.438. The van der Waals surface area contributed by atoms with Gasteiger partial charge in [-0.05, 0) is 30.7 Å². The van der Waals surface area contributed by atoms with Crippen molar-refractivity contribution in [3.63, 3.8) is 0 Å². The van der Waals surface area contributed by atoms with E-state index >= 15 is 0 Å². The highest BCUT2D eigenvalue weighted by atomic mass is 35.5. The number of aromatic nitrogens is 1. The van der Waals surface area contributed by atoms with Crippen molar-refractivity contribution in [3.05, 3.63) is 83.4 Å². The predicted octanol–water partition coefficient (Wildman–Crippen LogP) is 5.75. The molecule has 0 aliphatic rings. The molecule has 0 aliphatic heterocycles. The number of hydrogen-bond acceptors (Lipinski definition) is 4. The molecule has 0 aliphatic carbocycles. The Labute approximate surface area is 178 Å². The predicted molar refractivity (Wildman–Crippen MR) is 120 cm³/mol. The second kappa shape index (κ2) is 7.72. The molecule has 0 radical (unpaired) electrons. The molecule has 7 heteroatoms. The summed E-state index contributed by atoms with van der Waals surface area (Å²) in [6, 6.07) is 22.3. The van der Waals surface area contributed by atoms with Crippen molar-refractivity contribution < 1.29 is 8.42 Å². The summed E-state index contributed by atoms with van der Waals surface area (Å²) in [5, 5.41) is 6.66. The first kappa shape index (κ1) is 19.8. The minimum atomic E-state index is -3.74. The van der Waals surface area contributed by atoms with Gasteiger partial charge in [-0.25, -0.2) is 18.5 Å². The maximum Gasteiger partial charge on any atom is 0.238 e. The van der Waals surface area contributed by atoms with Crippen LogP contribution in [0.5, 0.6) is 0 Å². The van der Waals surface area contributed by atoms with Crippen LogP contribution in [0.25, 0.3) is 32.3 Å². The van der Waals surface area contributed by atoms with Gasteiger partial charge in [0, 0.05) is 11.1 Å². The molecular weight excluding hydrogens is 424 g/mol. The van der Waals surface area contributed by atoms with Gasteiger partial charge >= 0.3 is 0 Å². The van der Waals surface area contributed by atoms with Gasteiger partial charge in [0.15, 0.2) is 0 Å². The van der Waals surface area contributed by atoms with Crippen molar-refractivity contribution >= 4 is 33.0 Å². The van der Waals surface area contributed by atoms with Gasteiger partial charge in [0.1, 0.15) is 5.01 Å². The number of primary sulfonamides is 1. The van der Waals surface area contributed by atoms with E-state index in [1.807, 2.05) is 55.5 Å². The van der Waals surface area contributed by atoms with Crippen molar-refractivity contribution in [2.24, 2.45) is 5.14 Å². The number of hydrogen-bond donors (Lipinski definition) is 1. The molecule has 2 N–H and O–H groups in total. The van der Waals surface area contributed by atoms with Gasteiger partial charge in [-0.3, -0.25) is 0 Å². The van der Waals surface area contributed by atoms with Gasteiger partial charge in [0.25, 0.3) is 0 Å². The van der Waals surface area contributed by atoms with Crippen LogP contribution in [0.2, 0.25) is 5.02 Å². The third-order valence-electron chi connectivity index (χ3n) is 4.50. The zero-order valence-electron chi connectivity index (χ0n) is 15.5. The molecule has 0 unspecified atom stereocenters. The van der Waals surface area contributed by atoms with Crippen molar-refractivity contribution in [1.82, 2.24) is 4.98 Å². The molecule has 0 atom stereocenters. The highest BCUT2D eigenvalue weighted by Gasteiger charge is 2.18. The Kier molecular flexibility index (Phi) is 5.27. The zero-order valence-corrected chi connectivity index (χ0v) is 17.9. The summed E-state index contributed by atoms with van der Waals surface area (Å²) in [5.74, 6) is 0. The molecular formula is C22H17ClN2O2S2. The van der Waals surface area contributed by atoms with Crippen LogP contribution in [0.4, 0.5) is 0 Å². The number of aryl methyl sites for hydroxylation is 1. The van der Waals surface area contributed by atoms with Crippen molar-refractivity contribution in [3.8, 4) is 32.3 Å². The van der Waals surface area contributed by atoms with E-state index in [1.54, 1.807) is 12.1 Å². The standard InChI is InChI=1S/C22H17ClN2O2S2/c1-14-6-8-15(9-7-14)20-21(16-10-12-17(13-11-16)29(24,26)27)28-22(25-20)18-4-2-3-5-19(18)23/h2-13H,1H3,(H2,24,26,27). The summed E-state index contributed by atoms with van der Waals surface area (Å²) in [7, 11) is -3.74. The minimum absolute atomic E-state index is 0.0778. The normalized spacial score (nSPS) is 11.6. The maximum absolute atomic E-state index is 11.6. The van der Waals surface area contributed by atoms with Crippen LogP contribution in [-0.4, -0.2) is 13.4 Å². The Morgan fingerprint density at radius 2 is 1.52 bits per heavy atom. The van der Waals surface area contributed by atoms with Crippen molar-refractivity contribution in [2.45, 2.75) is 11.8 Å². The number of nitrogens with two attached hydrogens (primary N) is 1. The topological polar surface area (TPSA) is 73.0 Å². The number of thiazole rings is 1. The Hall–Kier alpha value is -2.51. The van der Waals surface area contributed by atoms with Gasteiger partial charge in [0.2, 0.25) is 10.0 Å². The van der Waals surface area contributed by atoms with Crippen LogP contribution < -0.4 is 5.14 Å². The summed E-state index contributed by atoms with van der Waals surface area (Å²) in [6.07, 6.45) is 0. The fourth-order valence-corrected chi connectivity index (χ4v) is 4.90. The smallest absolute Gasteiger partial charge is 0.235 e. The van der Waals surface area contributed by atoms with E-state index in [1.165, 1.54) is 23.5 Å². The summed E-state index contributed by atoms with van der Waals surface area (Å²) in [5.41, 5.74) is 4.70. The monoisotopic (exact) mass is 440 g/mol. The zero-order chi connectivity index (χ0) is 20.6. The molecule has 146 valence electrons. The molecule has 3 aromatic carbocycles. The first-order valence-electron chi connectivity index (χ1n) is 8.79. The first-order chi connectivity index (χ1) is 13.8. The van der Waals surface area contributed by atoms with E-state index in [0.29, 0.717) is 5.02 Å². The van der Waals surface area contributed by atoms with Crippen LogP contribution >= 0.6 is 22.9 Å². The maximum atomic E-state index is 11.6. The Morgan fingerprint density at radius 3 is 2.14 bits per heavy atom. The van der Waals surface area contributed by atoms with Gasteiger partial charge in [-0.1, -0.05) is 71.8 Å². The van der Waals surface area contributed by atoms with Crippen LogP contribution in [0, 0.1) is 6.92 Å². The van der Waals surface area contributed by atoms with E-state index in [9.17, 15) is 8.42 Å². The molecule has 0 saturated carbocycles. The van der Waals surface area contributed by atoms with Crippen molar-refractivity contribution in [2.75, 3.05) is 0 Å². The molecule has 4 rings (SSSR count).